The minimum absolute atomic E-state index is 0.00715. The molecule has 16 fully saturated rings. The van der Waals surface area contributed by atoms with Crippen LogP contribution >= 0.6 is 0 Å². The Bertz CT molecular complexity index is 3980. The minimum Gasteiger partial charge on any atom is -0.396 e. The van der Waals surface area contributed by atoms with Gasteiger partial charge >= 0.3 is 0 Å². The monoisotopic (exact) mass is 1610 g/mol. The molecular formula is C92H130F4O19. The van der Waals surface area contributed by atoms with Crippen LogP contribution < -0.4 is 0 Å². The van der Waals surface area contributed by atoms with E-state index in [2.05, 4.69) is 32.1 Å². The van der Waals surface area contributed by atoms with Crippen molar-refractivity contribution < 1.29 is 111 Å². The fourth-order valence-corrected chi connectivity index (χ4v) is 30.0. The number of rotatable bonds is 4. The molecule has 0 amide bonds. The number of ketones is 3. The number of ether oxygens (including phenoxy) is 8. The summed E-state index contributed by atoms with van der Waals surface area (Å²) in [4.78, 5) is 36.1. The predicted octanol–water partition coefficient (Wildman–Crippen LogP) is 12.8. The van der Waals surface area contributed by atoms with Crippen molar-refractivity contribution in [2.75, 3.05) is 53.6 Å². The van der Waals surface area contributed by atoms with Crippen molar-refractivity contribution in [1.29, 1.82) is 0 Å². The number of aliphatic hydroxyl groups is 8. The number of carbonyl (C=O) groups excluding carboxylic acids is 3. The molecule has 0 radical (unpaired) electrons. The smallest absolute Gasteiger partial charge is 0.226 e. The van der Waals surface area contributed by atoms with Gasteiger partial charge in [0.2, 0.25) is 11.6 Å². The number of aliphatic hydroxyl groups excluding tert-OH is 6. The summed E-state index contributed by atoms with van der Waals surface area (Å²) in [5, 5.41) is 85.8. The predicted molar refractivity (Wildman–Crippen MR) is 418 cm³/mol. The number of allylic oxidation sites excluding steroid dienone is 16. The van der Waals surface area contributed by atoms with Gasteiger partial charge in [-0.3, -0.25) is 14.4 Å². The summed E-state index contributed by atoms with van der Waals surface area (Å²) in [5.41, 5.74) is -10.9. The van der Waals surface area contributed by atoms with Gasteiger partial charge in [-0.15, -0.1) is 0 Å². The van der Waals surface area contributed by atoms with Gasteiger partial charge in [0.25, 0.3) is 0 Å². The van der Waals surface area contributed by atoms with E-state index in [0.717, 1.165) is 67.2 Å². The maximum absolute atomic E-state index is 17.1. The molecule has 34 atom stereocenters. The van der Waals surface area contributed by atoms with E-state index in [0.29, 0.717) is 58.0 Å². The molecule has 6 unspecified atom stereocenters. The number of carbonyl (C=O) groups is 3. The highest BCUT2D eigenvalue weighted by Crippen LogP contribution is 2.74. The van der Waals surface area contributed by atoms with Crippen molar-refractivity contribution in [3.63, 3.8) is 0 Å². The van der Waals surface area contributed by atoms with Crippen molar-refractivity contribution in [2.45, 2.75) is 286 Å². The van der Waals surface area contributed by atoms with Crippen LogP contribution in [0.5, 0.6) is 0 Å². The number of Topliss-reactive ketones (excluding diaryl/α,β-unsaturated/α-hetero) is 1. The Kier molecular flexibility index (Phi) is 22.6. The molecule has 4 aliphatic heterocycles. The molecule has 19 nitrogen and oxygen atoms in total. The quantitative estimate of drug-likeness (QED) is 0.0959. The molecule has 8 N–H and O–H groups in total. The van der Waals surface area contributed by atoms with Crippen LogP contribution in [0.15, 0.2) is 95.2 Å². The number of fused-ring (bicyclic) bond motifs is 24. The van der Waals surface area contributed by atoms with Gasteiger partial charge in [0.05, 0.1) is 30.0 Å². The third kappa shape index (κ3) is 11.4. The van der Waals surface area contributed by atoms with E-state index in [9.17, 15) is 55.2 Å². The van der Waals surface area contributed by atoms with Crippen LogP contribution in [0.3, 0.4) is 0 Å². The highest BCUT2D eigenvalue weighted by molar-refractivity contribution is 6.02. The number of hydrogen-bond acceptors (Lipinski definition) is 19. The van der Waals surface area contributed by atoms with Gasteiger partial charge in [-0.1, -0.05) is 126 Å². The van der Waals surface area contributed by atoms with Crippen molar-refractivity contribution >= 4 is 17.3 Å². The summed E-state index contributed by atoms with van der Waals surface area (Å²) < 4.78 is 115. The van der Waals surface area contributed by atoms with Crippen LogP contribution in [0.4, 0.5) is 17.6 Å². The van der Waals surface area contributed by atoms with Crippen molar-refractivity contribution in [2.24, 2.45) is 116 Å². The maximum Gasteiger partial charge on any atom is 0.226 e. The average Bonchev–Trinajstić information content (AvgIpc) is 1.58. The highest BCUT2D eigenvalue weighted by Gasteiger charge is 2.81. The first-order chi connectivity index (χ1) is 54.6. The molecule has 4 spiro atoms. The molecule has 20 aliphatic rings. The van der Waals surface area contributed by atoms with Gasteiger partial charge < -0.3 is 78.7 Å². The Morgan fingerprint density at radius 2 is 0.774 bits per heavy atom. The molecular weight excluding hydrogens is 1480 g/mol. The van der Waals surface area contributed by atoms with E-state index in [1.807, 2.05) is 73.6 Å². The molecule has 16 aliphatic carbocycles. The summed E-state index contributed by atoms with van der Waals surface area (Å²) in [6.45, 7) is 24.0. The van der Waals surface area contributed by atoms with Gasteiger partial charge in [0.1, 0.15) is 36.6 Å². The van der Waals surface area contributed by atoms with Crippen LogP contribution in [-0.4, -0.2) is 193 Å². The second-order valence-corrected chi connectivity index (χ2v) is 38.6. The molecule has 20 rings (SSSR count). The Labute approximate surface area is 676 Å². The normalized spacial score (nSPS) is 53.5. The van der Waals surface area contributed by atoms with E-state index in [4.69, 9.17) is 37.9 Å². The molecule has 0 aromatic carbocycles. The van der Waals surface area contributed by atoms with Gasteiger partial charge in [-0.2, -0.15) is 0 Å². The Morgan fingerprint density at radius 3 is 1.16 bits per heavy atom. The van der Waals surface area contributed by atoms with E-state index < -0.39 is 127 Å². The molecule has 0 aromatic rings. The summed E-state index contributed by atoms with van der Waals surface area (Å²) in [7, 11) is 0. The summed E-state index contributed by atoms with van der Waals surface area (Å²) >= 11 is 0. The van der Waals surface area contributed by atoms with Crippen molar-refractivity contribution in [1.82, 2.24) is 0 Å². The van der Waals surface area contributed by atoms with Crippen molar-refractivity contribution in [3.05, 3.63) is 95.2 Å². The average molecular weight is 1620 g/mol. The maximum atomic E-state index is 17.1. The van der Waals surface area contributed by atoms with E-state index in [1.165, 1.54) is 18.2 Å². The van der Waals surface area contributed by atoms with Crippen LogP contribution in [0, 0.1) is 116 Å². The van der Waals surface area contributed by atoms with Crippen LogP contribution in [0.1, 0.15) is 205 Å². The van der Waals surface area contributed by atoms with Crippen LogP contribution in [0.25, 0.3) is 0 Å². The third-order valence-corrected chi connectivity index (χ3v) is 35.3. The van der Waals surface area contributed by atoms with Crippen molar-refractivity contribution in [3.8, 4) is 0 Å². The molecule has 23 heteroatoms. The second-order valence-electron chi connectivity index (χ2n) is 38.6. The first-order valence-corrected chi connectivity index (χ1v) is 43.9. The summed E-state index contributed by atoms with van der Waals surface area (Å²) in [6, 6.07) is 0. The third-order valence-electron chi connectivity index (χ3n) is 35.3. The lowest BCUT2D eigenvalue weighted by molar-refractivity contribution is -0.249. The first-order valence-electron chi connectivity index (χ1n) is 43.9. The standard InChI is InChI=1S/C23H29FO6.C23H31FO5.2C21H29FO4.2C2H6/c1-13-7-16-17-4-3-14-8-15(25)5-6-20(14,2)22(17,24)19(26)9-18(16)23(13)21(29-12-30-23)10-27-11-28-21;1-14-9-16-17-7-6-15-5-3-4-8-20(15,2)22(17,24)19(25)10-18(16)23(14)21(28-13-29-23)11-26-12-27-21;1-12-9-15-16-4-3-13-10-14(24)5-6-19(13,2)21(16,22)18(25)11-17(15)20(12,26)7-8-23;1-12-9-14-15-7-6-13-5-3-4-8-19(13,2)21(15,22)17(24)10-16(14)20(12,26)18(25)11-23;2*1-2/h5-6,8,13,16-19,26H,3-4,7,9-12H2,1-2H3;4-5,8,14,16-19,25H,3,6-7,9-13H2,1-2H3;5-6,10,12,15-18,23,25-26H,3-4,7-9,11H2,1-2H3;4-5,8,12,14-17,23-24,26H,3,6-7,9-11H2,1-2H3;2*1-2H3/t13-,16+,17+,18?,19+,20+,21?,22+,23-;14-,16+,17+,18?,19+,20+,21?,22+,23-;12-,15+,16+,17?,18+,19+,20-,21+;12-,14+,15+,16?,17+,19+,20-,21+;;/m1111../s1. The Hall–Kier alpha value is -3.99. The van der Waals surface area contributed by atoms with Gasteiger partial charge in [0.15, 0.2) is 67.2 Å². The molecule has 4 heterocycles. The SMILES string of the molecule is CC.CC.C[C@@H]1C[C@@H]2C(C[C@H](O)[C@@]3(F)[C@H]2CCC2=CC(=O)C=C[C@@]23C)[C@@]1(O)CCO.C[C@@H]1C[C@@H]2C(C[C@H](O)[C@@]3(F)[C@H]2CCC2=CC(=O)C=C[C@@]23C)[C@]12OCOC21COCO1.C[C@@H]1C[C@@H]2C(C[C@H](O)[C@@]3(F)[C@H]2CCC2=CCC=C[C@@]23C)[C@@]1(O)C(=O)CO.C[C@@H]1C[C@@H]2C(C[C@H](O)[C@@]3(F)[C@H]2CCC2=CCC=C[C@@]23C)[C@]12OCOC21COCO1. The zero-order valence-corrected chi connectivity index (χ0v) is 69.6. The lowest BCUT2D eigenvalue weighted by Crippen LogP contribution is -2.68. The molecule has 640 valence electrons. The van der Waals surface area contributed by atoms with Gasteiger partial charge in [-0.25, -0.2) is 17.6 Å². The number of halogens is 4. The Morgan fingerprint density at radius 1 is 0.435 bits per heavy atom. The minimum atomic E-state index is -1.83. The zero-order valence-electron chi connectivity index (χ0n) is 69.6. The molecule has 4 saturated heterocycles. The fourth-order valence-electron chi connectivity index (χ4n) is 30.0. The summed E-state index contributed by atoms with van der Waals surface area (Å²) in [5.74, 6) is -4.95. The second kappa shape index (κ2) is 30.2. The lowest BCUT2D eigenvalue weighted by Gasteiger charge is -2.60. The van der Waals surface area contributed by atoms with Gasteiger partial charge in [-0.05, 0) is 239 Å². The molecule has 0 bridgehead atoms. The zero-order chi connectivity index (χ0) is 82.8. The molecule has 12 saturated carbocycles. The van der Waals surface area contributed by atoms with E-state index in [-0.39, 0.29) is 160 Å². The topological polar surface area (TPSA) is 287 Å². The van der Waals surface area contributed by atoms with Gasteiger partial charge in [0, 0.05) is 57.9 Å². The molecule has 115 heavy (non-hydrogen) atoms. The Balaban J connectivity index is 0.000000119. The number of alkyl halides is 4. The highest BCUT2D eigenvalue weighted by atomic mass is 19.2. The molecule has 0 aromatic heterocycles. The van der Waals surface area contributed by atoms with E-state index in [1.54, 1.807) is 32.1 Å². The number of hydrogen-bond donors (Lipinski definition) is 8. The first kappa shape index (κ1) is 86.0. The van der Waals surface area contributed by atoms with Crippen LogP contribution in [-0.2, 0) is 52.3 Å². The fraction of sp³-hybridized carbons (Fsp3) is 0.793. The van der Waals surface area contributed by atoms with Crippen LogP contribution in [0.2, 0.25) is 0 Å². The van der Waals surface area contributed by atoms with E-state index >= 15 is 17.6 Å². The summed E-state index contributed by atoms with van der Waals surface area (Å²) in [6.07, 6.45) is 28.2. The lowest BCUT2D eigenvalue weighted by atomic mass is 9.47. The largest absolute Gasteiger partial charge is 0.396 e.